The molecule has 0 radical (unpaired) electrons. The van der Waals surface area contributed by atoms with Gasteiger partial charge in [-0.15, -0.1) is 11.3 Å². The average Bonchev–Trinajstić information content (AvgIpc) is 2.67. The Kier molecular flexibility index (Phi) is 6.59. The number of aryl methyl sites for hydroxylation is 1. The fourth-order valence-corrected chi connectivity index (χ4v) is 2.00. The number of aromatic nitrogens is 1. The second kappa shape index (κ2) is 7.70. The molecule has 0 saturated carbocycles. The Balaban J connectivity index is 1.90. The van der Waals surface area contributed by atoms with Gasteiger partial charge in [-0.1, -0.05) is 0 Å². The molecular formula is C11H17F3N2OS. The Labute approximate surface area is 108 Å². The SMILES string of the molecule is Cc1nc(CCNCCCOCC(F)(F)F)cs1. The molecule has 0 aliphatic carbocycles. The monoisotopic (exact) mass is 282 g/mol. The van der Waals surface area contributed by atoms with Crippen molar-refractivity contribution in [1.29, 1.82) is 0 Å². The molecule has 7 heteroatoms. The van der Waals surface area contributed by atoms with Crippen LogP contribution in [0.3, 0.4) is 0 Å². The number of hydrogen-bond donors (Lipinski definition) is 1. The van der Waals surface area contributed by atoms with E-state index < -0.39 is 12.8 Å². The Hall–Kier alpha value is -0.660. The maximum Gasteiger partial charge on any atom is 0.411 e. The van der Waals surface area contributed by atoms with Gasteiger partial charge in [0.1, 0.15) is 6.61 Å². The second-order valence-corrected chi connectivity index (χ2v) is 4.94. The van der Waals surface area contributed by atoms with E-state index in [0.29, 0.717) is 13.0 Å². The zero-order valence-corrected chi connectivity index (χ0v) is 11.0. The summed E-state index contributed by atoms with van der Waals surface area (Å²) in [6.07, 6.45) is -2.81. The lowest BCUT2D eigenvalue weighted by atomic mass is 10.3. The summed E-state index contributed by atoms with van der Waals surface area (Å²) in [5.74, 6) is 0. The zero-order valence-electron chi connectivity index (χ0n) is 10.2. The Morgan fingerprint density at radius 2 is 2.17 bits per heavy atom. The molecule has 1 heterocycles. The summed E-state index contributed by atoms with van der Waals surface area (Å²) in [5, 5.41) is 6.21. The van der Waals surface area contributed by atoms with Gasteiger partial charge in [0.25, 0.3) is 0 Å². The van der Waals surface area contributed by atoms with Crippen LogP contribution in [0.25, 0.3) is 0 Å². The molecule has 0 amide bonds. The van der Waals surface area contributed by atoms with E-state index in [4.69, 9.17) is 0 Å². The predicted molar refractivity (Wildman–Crippen MR) is 64.9 cm³/mol. The average molecular weight is 282 g/mol. The van der Waals surface area contributed by atoms with Crippen LogP contribution in [0.15, 0.2) is 5.38 Å². The van der Waals surface area contributed by atoms with E-state index >= 15 is 0 Å². The van der Waals surface area contributed by atoms with Gasteiger partial charge in [0, 0.05) is 25.0 Å². The van der Waals surface area contributed by atoms with Crippen LogP contribution in [-0.2, 0) is 11.2 Å². The molecule has 0 unspecified atom stereocenters. The van der Waals surface area contributed by atoms with Crippen molar-refractivity contribution in [1.82, 2.24) is 10.3 Å². The number of rotatable bonds is 8. The van der Waals surface area contributed by atoms with E-state index in [2.05, 4.69) is 15.0 Å². The molecule has 1 N–H and O–H groups in total. The van der Waals surface area contributed by atoms with Crippen LogP contribution >= 0.6 is 11.3 Å². The topological polar surface area (TPSA) is 34.2 Å². The lowest BCUT2D eigenvalue weighted by Gasteiger charge is -2.07. The van der Waals surface area contributed by atoms with Gasteiger partial charge < -0.3 is 10.1 Å². The number of nitrogens with zero attached hydrogens (tertiary/aromatic N) is 1. The number of halogens is 3. The van der Waals surface area contributed by atoms with Gasteiger partial charge in [-0.3, -0.25) is 0 Å². The van der Waals surface area contributed by atoms with Crippen molar-refractivity contribution >= 4 is 11.3 Å². The van der Waals surface area contributed by atoms with Crippen molar-refractivity contribution in [2.24, 2.45) is 0 Å². The minimum Gasteiger partial charge on any atom is -0.372 e. The van der Waals surface area contributed by atoms with Gasteiger partial charge in [-0.05, 0) is 19.9 Å². The number of alkyl halides is 3. The van der Waals surface area contributed by atoms with Crippen molar-refractivity contribution in [3.8, 4) is 0 Å². The molecule has 0 aromatic carbocycles. The highest BCUT2D eigenvalue weighted by atomic mass is 32.1. The van der Waals surface area contributed by atoms with Gasteiger partial charge in [0.2, 0.25) is 0 Å². The molecule has 1 aromatic rings. The summed E-state index contributed by atoms with van der Waals surface area (Å²) in [5.41, 5.74) is 1.05. The Morgan fingerprint density at radius 1 is 1.39 bits per heavy atom. The highest BCUT2D eigenvalue weighted by molar-refractivity contribution is 7.09. The minimum atomic E-state index is -4.23. The van der Waals surface area contributed by atoms with Crippen LogP contribution in [0.2, 0.25) is 0 Å². The number of hydrogen-bond acceptors (Lipinski definition) is 4. The maximum absolute atomic E-state index is 11.7. The number of nitrogens with one attached hydrogen (secondary N) is 1. The second-order valence-electron chi connectivity index (χ2n) is 3.88. The van der Waals surface area contributed by atoms with E-state index in [1.807, 2.05) is 12.3 Å². The molecule has 18 heavy (non-hydrogen) atoms. The molecule has 3 nitrogen and oxygen atoms in total. The lowest BCUT2D eigenvalue weighted by Crippen LogP contribution is -2.22. The number of ether oxygens (including phenoxy) is 1. The van der Waals surface area contributed by atoms with Crippen molar-refractivity contribution in [2.45, 2.75) is 25.9 Å². The summed E-state index contributed by atoms with van der Waals surface area (Å²) >= 11 is 1.62. The van der Waals surface area contributed by atoms with Gasteiger partial charge in [0.05, 0.1) is 10.7 Å². The normalized spacial score (nSPS) is 12.0. The van der Waals surface area contributed by atoms with Crippen LogP contribution in [-0.4, -0.2) is 37.5 Å². The standard InChI is InChI=1S/C11H17F3N2OS/c1-9-16-10(7-18-9)3-5-15-4-2-6-17-8-11(12,13)14/h7,15H,2-6,8H2,1H3. The minimum absolute atomic E-state index is 0.127. The van der Waals surface area contributed by atoms with E-state index in [0.717, 1.165) is 23.7 Å². The first kappa shape index (κ1) is 15.4. The molecule has 1 aromatic heterocycles. The quantitative estimate of drug-likeness (QED) is 0.744. The molecule has 0 aliphatic heterocycles. The Morgan fingerprint density at radius 3 is 2.78 bits per heavy atom. The molecule has 0 aliphatic rings. The smallest absolute Gasteiger partial charge is 0.372 e. The lowest BCUT2D eigenvalue weighted by molar-refractivity contribution is -0.173. The van der Waals surface area contributed by atoms with E-state index in [1.165, 1.54) is 0 Å². The molecule has 0 bridgehead atoms. The first-order valence-corrected chi connectivity index (χ1v) is 6.61. The van der Waals surface area contributed by atoms with Crippen LogP contribution < -0.4 is 5.32 Å². The summed E-state index contributed by atoms with van der Waals surface area (Å²) in [6, 6.07) is 0. The summed E-state index contributed by atoms with van der Waals surface area (Å²) in [7, 11) is 0. The van der Waals surface area contributed by atoms with Crippen LogP contribution in [0.5, 0.6) is 0 Å². The van der Waals surface area contributed by atoms with Crippen LogP contribution in [0.1, 0.15) is 17.1 Å². The molecule has 104 valence electrons. The predicted octanol–water partition coefficient (Wildman–Crippen LogP) is 2.55. The van der Waals surface area contributed by atoms with Crippen molar-refractivity contribution in [3.63, 3.8) is 0 Å². The Bertz CT molecular complexity index is 341. The molecular weight excluding hydrogens is 265 g/mol. The third kappa shape index (κ3) is 7.62. The van der Waals surface area contributed by atoms with E-state index in [1.54, 1.807) is 11.3 Å². The van der Waals surface area contributed by atoms with Crippen molar-refractivity contribution in [3.05, 3.63) is 16.1 Å². The third-order valence-electron chi connectivity index (χ3n) is 2.13. The zero-order chi connectivity index (χ0) is 13.4. The first-order valence-electron chi connectivity index (χ1n) is 5.73. The van der Waals surface area contributed by atoms with Gasteiger partial charge in [0.15, 0.2) is 0 Å². The maximum atomic E-state index is 11.7. The molecule has 1 rings (SSSR count). The number of thiazole rings is 1. The van der Waals surface area contributed by atoms with Gasteiger partial charge in [-0.2, -0.15) is 13.2 Å². The largest absolute Gasteiger partial charge is 0.411 e. The molecule has 0 atom stereocenters. The third-order valence-corrected chi connectivity index (χ3v) is 2.95. The fourth-order valence-electron chi connectivity index (χ4n) is 1.35. The summed E-state index contributed by atoms with van der Waals surface area (Å²) in [4.78, 5) is 4.31. The summed E-state index contributed by atoms with van der Waals surface area (Å²) < 4.78 is 39.7. The van der Waals surface area contributed by atoms with Gasteiger partial charge >= 0.3 is 6.18 Å². The van der Waals surface area contributed by atoms with Crippen LogP contribution in [0, 0.1) is 6.92 Å². The molecule has 0 saturated heterocycles. The van der Waals surface area contributed by atoms with E-state index in [9.17, 15) is 13.2 Å². The fraction of sp³-hybridized carbons (Fsp3) is 0.727. The highest BCUT2D eigenvalue weighted by Gasteiger charge is 2.27. The molecule has 0 spiro atoms. The van der Waals surface area contributed by atoms with Crippen molar-refractivity contribution in [2.75, 3.05) is 26.3 Å². The highest BCUT2D eigenvalue weighted by Crippen LogP contribution is 2.14. The van der Waals surface area contributed by atoms with E-state index in [-0.39, 0.29) is 6.61 Å². The molecule has 0 fully saturated rings. The van der Waals surface area contributed by atoms with Crippen LogP contribution in [0.4, 0.5) is 13.2 Å². The van der Waals surface area contributed by atoms with Gasteiger partial charge in [-0.25, -0.2) is 4.98 Å². The first-order chi connectivity index (χ1) is 8.47. The van der Waals surface area contributed by atoms with Crippen molar-refractivity contribution < 1.29 is 17.9 Å². The summed E-state index contributed by atoms with van der Waals surface area (Å²) in [6.45, 7) is 2.36.